The zero-order valence-corrected chi connectivity index (χ0v) is 10.6. The lowest BCUT2D eigenvalue weighted by molar-refractivity contribution is 0.340. The van der Waals surface area contributed by atoms with Gasteiger partial charge in [0.2, 0.25) is 0 Å². The van der Waals surface area contributed by atoms with Crippen molar-refractivity contribution in [3.05, 3.63) is 24.3 Å². The number of ether oxygens (including phenoxy) is 1. The summed E-state index contributed by atoms with van der Waals surface area (Å²) in [6.07, 6.45) is 2.47. The minimum Gasteiger partial charge on any atom is -0.494 e. The van der Waals surface area contributed by atoms with Gasteiger partial charge in [-0.3, -0.25) is 0 Å². The second kappa shape index (κ2) is 7.15. The van der Waals surface area contributed by atoms with Crippen molar-refractivity contribution in [1.29, 1.82) is 0 Å². The molecular weight excluding hydrogens is 198 g/mol. The Morgan fingerprint density at radius 2 is 1.69 bits per heavy atom. The third kappa shape index (κ3) is 4.13. The average Bonchev–Trinajstić information content (AvgIpc) is 2.33. The van der Waals surface area contributed by atoms with Crippen molar-refractivity contribution in [1.82, 2.24) is 0 Å². The van der Waals surface area contributed by atoms with E-state index in [4.69, 9.17) is 4.74 Å². The van der Waals surface area contributed by atoms with Crippen molar-refractivity contribution in [2.24, 2.45) is 5.92 Å². The molecule has 0 saturated carbocycles. The Kier molecular flexibility index (Phi) is 5.76. The van der Waals surface area contributed by atoms with Crippen molar-refractivity contribution >= 4 is 5.69 Å². The molecule has 0 fully saturated rings. The standard InChI is InChI=1S/C14H23NO/c1-4-12(5-2)11-15-13-7-9-14(10-8-13)16-6-3/h7-10,12,15H,4-6,11H2,1-3H3. The lowest BCUT2D eigenvalue weighted by Gasteiger charge is -2.14. The molecule has 16 heavy (non-hydrogen) atoms. The second-order valence-electron chi connectivity index (χ2n) is 4.02. The van der Waals surface area contributed by atoms with Gasteiger partial charge in [0.05, 0.1) is 6.61 Å². The summed E-state index contributed by atoms with van der Waals surface area (Å²) in [6.45, 7) is 8.27. The van der Waals surface area contributed by atoms with Gasteiger partial charge in [-0.2, -0.15) is 0 Å². The van der Waals surface area contributed by atoms with Crippen LogP contribution in [0.4, 0.5) is 5.69 Å². The number of benzene rings is 1. The molecule has 0 aromatic heterocycles. The molecule has 1 N–H and O–H groups in total. The van der Waals surface area contributed by atoms with Crippen molar-refractivity contribution < 1.29 is 4.74 Å². The molecule has 0 amide bonds. The smallest absolute Gasteiger partial charge is 0.119 e. The van der Waals surface area contributed by atoms with Crippen LogP contribution >= 0.6 is 0 Å². The number of hydrogen-bond acceptors (Lipinski definition) is 2. The maximum atomic E-state index is 5.40. The molecule has 0 saturated heterocycles. The van der Waals surface area contributed by atoms with Crippen LogP contribution in [-0.4, -0.2) is 13.2 Å². The Morgan fingerprint density at radius 3 is 2.19 bits per heavy atom. The van der Waals surface area contributed by atoms with Gasteiger partial charge in [-0.25, -0.2) is 0 Å². The second-order valence-corrected chi connectivity index (χ2v) is 4.02. The average molecular weight is 221 g/mol. The van der Waals surface area contributed by atoms with E-state index >= 15 is 0 Å². The Hall–Kier alpha value is -1.18. The van der Waals surface area contributed by atoms with Crippen LogP contribution in [0.3, 0.4) is 0 Å². The summed E-state index contributed by atoms with van der Waals surface area (Å²) in [5.41, 5.74) is 1.18. The van der Waals surface area contributed by atoms with E-state index in [0.717, 1.165) is 24.8 Å². The zero-order valence-electron chi connectivity index (χ0n) is 10.6. The zero-order chi connectivity index (χ0) is 11.8. The Bertz CT molecular complexity index is 277. The molecule has 0 unspecified atom stereocenters. The van der Waals surface area contributed by atoms with Gasteiger partial charge in [0.15, 0.2) is 0 Å². The topological polar surface area (TPSA) is 21.3 Å². The van der Waals surface area contributed by atoms with E-state index in [1.54, 1.807) is 0 Å². The summed E-state index contributed by atoms with van der Waals surface area (Å²) in [7, 11) is 0. The molecule has 2 heteroatoms. The summed E-state index contributed by atoms with van der Waals surface area (Å²) in [5.74, 6) is 1.71. The molecule has 0 atom stereocenters. The molecular formula is C14H23NO. The predicted octanol–water partition coefficient (Wildman–Crippen LogP) is 3.93. The van der Waals surface area contributed by atoms with Crippen LogP contribution in [-0.2, 0) is 0 Å². The number of rotatable bonds is 7. The van der Waals surface area contributed by atoms with Gasteiger partial charge in [-0.15, -0.1) is 0 Å². The lowest BCUT2D eigenvalue weighted by Crippen LogP contribution is -2.12. The Morgan fingerprint density at radius 1 is 1.06 bits per heavy atom. The van der Waals surface area contributed by atoms with Crippen LogP contribution in [0.25, 0.3) is 0 Å². The minimum absolute atomic E-state index is 0.723. The fourth-order valence-corrected chi connectivity index (χ4v) is 1.68. The number of nitrogens with one attached hydrogen (secondary N) is 1. The first-order valence-electron chi connectivity index (χ1n) is 6.26. The van der Waals surface area contributed by atoms with Gasteiger partial charge in [0.25, 0.3) is 0 Å². The van der Waals surface area contributed by atoms with Crippen LogP contribution in [0, 0.1) is 5.92 Å². The van der Waals surface area contributed by atoms with Crippen LogP contribution in [0.1, 0.15) is 33.6 Å². The number of hydrogen-bond donors (Lipinski definition) is 1. The first kappa shape index (κ1) is 12.9. The monoisotopic (exact) mass is 221 g/mol. The lowest BCUT2D eigenvalue weighted by atomic mass is 10.0. The van der Waals surface area contributed by atoms with Gasteiger partial charge in [-0.05, 0) is 37.1 Å². The molecule has 0 aliphatic heterocycles. The summed E-state index contributed by atoms with van der Waals surface area (Å²) >= 11 is 0. The van der Waals surface area contributed by atoms with E-state index in [1.807, 2.05) is 19.1 Å². The predicted molar refractivity (Wildman–Crippen MR) is 70.2 cm³/mol. The van der Waals surface area contributed by atoms with Crippen molar-refractivity contribution in [2.45, 2.75) is 33.6 Å². The molecule has 0 spiro atoms. The van der Waals surface area contributed by atoms with Gasteiger partial charge in [0, 0.05) is 12.2 Å². The molecule has 1 aromatic carbocycles. The normalized spacial score (nSPS) is 10.5. The molecule has 1 aromatic rings. The third-order valence-electron chi connectivity index (χ3n) is 2.91. The van der Waals surface area contributed by atoms with Crippen molar-refractivity contribution in [3.63, 3.8) is 0 Å². The van der Waals surface area contributed by atoms with Gasteiger partial charge in [0.1, 0.15) is 5.75 Å². The van der Waals surface area contributed by atoms with E-state index in [2.05, 4.69) is 31.3 Å². The third-order valence-corrected chi connectivity index (χ3v) is 2.91. The quantitative estimate of drug-likeness (QED) is 0.753. The van der Waals surface area contributed by atoms with Gasteiger partial charge < -0.3 is 10.1 Å². The summed E-state index contributed by atoms with van der Waals surface area (Å²) < 4.78 is 5.40. The van der Waals surface area contributed by atoms with Crippen LogP contribution < -0.4 is 10.1 Å². The van der Waals surface area contributed by atoms with Gasteiger partial charge >= 0.3 is 0 Å². The first-order valence-corrected chi connectivity index (χ1v) is 6.26. The molecule has 0 radical (unpaired) electrons. The van der Waals surface area contributed by atoms with Crippen LogP contribution in [0.15, 0.2) is 24.3 Å². The van der Waals surface area contributed by atoms with Crippen molar-refractivity contribution in [2.75, 3.05) is 18.5 Å². The molecule has 0 bridgehead atoms. The highest BCUT2D eigenvalue weighted by Crippen LogP contribution is 2.16. The maximum absolute atomic E-state index is 5.40. The fourth-order valence-electron chi connectivity index (χ4n) is 1.68. The SMILES string of the molecule is CCOc1ccc(NCC(CC)CC)cc1. The first-order chi connectivity index (χ1) is 7.80. The Labute approximate surface area is 99.0 Å². The minimum atomic E-state index is 0.723. The highest BCUT2D eigenvalue weighted by Gasteiger charge is 2.02. The molecule has 0 heterocycles. The van der Waals surface area contributed by atoms with Gasteiger partial charge in [-0.1, -0.05) is 26.7 Å². The molecule has 2 nitrogen and oxygen atoms in total. The fraction of sp³-hybridized carbons (Fsp3) is 0.571. The molecule has 0 aliphatic rings. The Balaban J connectivity index is 2.42. The van der Waals surface area contributed by atoms with E-state index in [9.17, 15) is 0 Å². The molecule has 0 aliphatic carbocycles. The van der Waals surface area contributed by atoms with E-state index in [0.29, 0.717) is 0 Å². The largest absolute Gasteiger partial charge is 0.494 e. The van der Waals surface area contributed by atoms with E-state index in [1.165, 1.54) is 18.5 Å². The maximum Gasteiger partial charge on any atom is 0.119 e. The van der Waals surface area contributed by atoms with Crippen LogP contribution in [0.2, 0.25) is 0 Å². The molecule has 1 rings (SSSR count). The highest BCUT2D eigenvalue weighted by molar-refractivity contribution is 5.46. The summed E-state index contributed by atoms with van der Waals surface area (Å²) in [5, 5.41) is 3.46. The number of anilines is 1. The van der Waals surface area contributed by atoms with Crippen LogP contribution in [0.5, 0.6) is 5.75 Å². The summed E-state index contributed by atoms with van der Waals surface area (Å²) in [6, 6.07) is 8.18. The van der Waals surface area contributed by atoms with E-state index < -0.39 is 0 Å². The van der Waals surface area contributed by atoms with Crippen molar-refractivity contribution in [3.8, 4) is 5.75 Å². The molecule has 90 valence electrons. The van der Waals surface area contributed by atoms with E-state index in [-0.39, 0.29) is 0 Å². The summed E-state index contributed by atoms with van der Waals surface area (Å²) in [4.78, 5) is 0. The highest BCUT2D eigenvalue weighted by atomic mass is 16.5.